The van der Waals surface area contributed by atoms with Gasteiger partial charge in [0.05, 0.1) is 0 Å². The van der Waals surface area contributed by atoms with Crippen molar-refractivity contribution in [3.05, 3.63) is 82.4 Å². The van der Waals surface area contributed by atoms with Gasteiger partial charge in [0.1, 0.15) is 0 Å². The third-order valence-electron chi connectivity index (χ3n) is 5.73. The summed E-state index contributed by atoms with van der Waals surface area (Å²) in [6.45, 7) is 0. The van der Waals surface area contributed by atoms with Gasteiger partial charge in [-0.1, -0.05) is 0 Å². The van der Waals surface area contributed by atoms with Crippen LogP contribution in [0.15, 0.2) is 60.2 Å². The van der Waals surface area contributed by atoms with Crippen LogP contribution in [0.2, 0.25) is 4.82 Å². The zero-order valence-corrected chi connectivity index (χ0v) is 14.3. The number of benzene rings is 2. The molecule has 24 heavy (non-hydrogen) atoms. The first kappa shape index (κ1) is 13.2. The summed E-state index contributed by atoms with van der Waals surface area (Å²) >= 11 is -0.0790. The predicted molar refractivity (Wildman–Crippen MR) is 87.7 cm³/mol. The van der Waals surface area contributed by atoms with E-state index in [0.29, 0.717) is 0 Å². The van der Waals surface area contributed by atoms with Gasteiger partial charge in [-0.25, -0.2) is 0 Å². The summed E-state index contributed by atoms with van der Waals surface area (Å²) in [6.07, 6.45) is 2.25. The Labute approximate surface area is 144 Å². The maximum absolute atomic E-state index is 12.3. The summed E-state index contributed by atoms with van der Waals surface area (Å²) in [5.74, 6) is -0.875. The zero-order chi connectivity index (χ0) is 16.1. The van der Waals surface area contributed by atoms with Crippen LogP contribution in [-0.2, 0) is 18.6 Å². The summed E-state index contributed by atoms with van der Waals surface area (Å²) in [5, 5.41) is 0. The van der Waals surface area contributed by atoms with Crippen LogP contribution in [0.5, 0.6) is 0 Å². The molecule has 3 nitrogen and oxygen atoms in total. The molecule has 2 aromatic carbocycles. The van der Waals surface area contributed by atoms with Crippen molar-refractivity contribution in [3.63, 3.8) is 0 Å². The van der Waals surface area contributed by atoms with E-state index in [2.05, 4.69) is 54.6 Å². The van der Waals surface area contributed by atoms with Crippen LogP contribution in [0.25, 0.3) is 0 Å². The fraction of sp³-hybridized carbons (Fsp3) is 0.200. The quantitative estimate of drug-likeness (QED) is 0.306. The number of carbonyl (C=O) groups excluding carboxylic acids is 2. The first-order valence-corrected chi connectivity index (χ1v) is 9.91. The van der Waals surface area contributed by atoms with Crippen LogP contribution in [0.1, 0.15) is 28.2 Å². The first-order chi connectivity index (χ1) is 11.7. The number of esters is 2. The van der Waals surface area contributed by atoms with Crippen molar-refractivity contribution in [1.82, 2.24) is 0 Å². The van der Waals surface area contributed by atoms with E-state index in [9.17, 15) is 9.59 Å². The standard InChI is InChI=1S/C20H12O3Se/c21-18-16-15-9-12-10-5-1-3-7-13(10)20(15,24-17(16)19(22)23-18)14-8-4-2-6-11(12)14/h1-9,12,16-17H. The number of rotatable bonds is 0. The normalized spacial score (nSPS) is 34.2. The number of fused-ring (bicyclic) bond motifs is 1. The minimum absolute atomic E-state index is 0.0790. The Balaban J connectivity index is 1.73. The number of hydrogen-bond donors (Lipinski definition) is 0. The molecule has 2 unspecified atom stereocenters. The monoisotopic (exact) mass is 380 g/mol. The second-order valence-electron chi connectivity index (χ2n) is 6.71. The average Bonchev–Trinajstić information content (AvgIpc) is 3.11. The molecule has 0 saturated carbocycles. The molecule has 0 radical (unpaired) electrons. The topological polar surface area (TPSA) is 43.4 Å². The predicted octanol–water partition coefficient (Wildman–Crippen LogP) is 2.52. The van der Waals surface area contributed by atoms with Gasteiger partial charge in [0, 0.05) is 0 Å². The number of cyclic esters (lactones) is 2. The Morgan fingerprint density at radius 2 is 1.50 bits per heavy atom. The van der Waals surface area contributed by atoms with Gasteiger partial charge in [-0.3, -0.25) is 0 Å². The van der Waals surface area contributed by atoms with E-state index >= 15 is 0 Å². The number of hydrogen-bond acceptors (Lipinski definition) is 3. The summed E-state index contributed by atoms with van der Waals surface area (Å²) in [7, 11) is 0. The van der Waals surface area contributed by atoms with Gasteiger partial charge in [0.15, 0.2) is 0 Å². The third-order valence-corrected chi connectivity index (χ3v) is 9.40. The second-order valence-corrected chi connectivity index (χ2v) is 9.56. The van der Waals surface area contributed by atoms with Crippen LogP contribution < -0.4 is 0 Å². The molecule has 0 amide bonds. The molecule has 2 bridgehead atoms. The summed E-state index contributed by atoms with van der Waals surface area (Å²) < 4.78 is 4.68. The van der Waals surface area contributed by atoms with Gasteiger partial charge < -0.3 is 0 Å². The van der Waals surface area contributed by atoms with E-state index in [1.165, 1.54) is 22.3 Å². The summed E-state index contributed by atoms with van der Waals surface area (Å²) in [6, 6.07) is 17.0. The molecule has 3 aliphatic carbocycles. The van der Waals surface area contributed by atoms with Crippen molar-refractivity contribution in [2.75, 3.05) is 0 Å². The molecule has 5 aliphatic rings. The molecule has 0 N–H and O–H groups in total. The second kappa shape index (κ2) is 4.08. The van der Waals surface area contributed by atoms with E-state index in [1.54, 1.807) is 0 Å². The van der Waals surface area contributed by atoms with Gasteiger partial charge in [-0.05, 0) is 0 Å². The molecule has 2 atom stereocenters. The first-order valence-electron chi connectivity index (χ1n) is 8.06. The Morgan fingerprint density at radius 1 is 0.875 bits per heavy atom. The minimum atomic E-state index is -0.373. The van der Waals surface area contributed by atoms with Crippen LogP contribution in [0.3, 0.4) is 0 Å². The summed E-state index contributed by atoms with van der Waals surface area (Å²) in [5.41, 5.74) is 6.35. The average molecular weight is 379 g/mol. The zero-order valence-electron chi connectivity index (χ0n) is 12.6. The molecule has 2 aliphatic heterocycles. The van der Waals surface area contributed by atoms with Crippen molar-refractivity contribution in [2.45, 2.75) is 15.0 Å². The van der Waals surface area contributed by atoms with Crippen molar-refractivity contribution < 1.29 is 14.3 Å². The van der Waals surface area contributed by atoms with Gasteiger partial charge in [0.2, 0.25) is 0 Å². The molecule has 4 heteroatoms. The molecule has 7 rings (SSSR count). The fourth-order valence-electron chi connectivity index (χ4n) is 4.87. The Bertz CT molecular complexity index is 942. The molecule has 116 valence electrons. The van der Waals surface area contributed by atoms with E-state index < -0.39 is 0 Å². The van der Waals surface area contributed by atoms with Crippen LogP contribution in [0, 0.1) is 5.92 Å². The number of carbonyl (C=O) groups is 2. The Hall–Kier alpha value is -2.16. The van der Waals surface area contributed by atoms with E-state index in [0.717, 1.165) is 5.57 Å². The van der Waals surface area contributed by atoms with E-state index in [-0.39, 0.29) is 47.9 Å². The third kappa shape index (κ3) is 1.26. The molecule has 2 heterocycles. The van der Waals surface area contributed by atoms with Gasteiger partial charge >= 0.3 is 145 Å². The Kier molecular flexibility index (Phi) is 2.24. The summed E-state index contributed by atoms with van der Waals surface area (Å²) in [4.78, 5) is 24.3. The van der Waals surface area contributed by atoms with Crippen LogP contribution in [-0.4, -0.2) is 26.9 Å². The molecule has 2 fully saturated rings. The molecule has 1 spiro atoms. The van der Waals surface area contributed by atoms with Crippen molar-refractivity contribution in [2.24, 2.45) is 5.92 Å². The Morgan fingerprint density at radius 3 is 2.17 bits per heavy atom. The number of allylic oxidation sites excluding steroid dienone is 1. The van der Waals surface area contributed by atoms with E-state index in [4.69, 9.17) is 4.74 Å². The SMILES string of the molecule is O=C1OC(=O)C2C3=CC4c5ccccc5C3([Se]C12)c1ccccc14. The molecule has 2 saturated heterocycles. The maximum atomic E-state index is 12.3. The molecular weight excluding hydrogens is 367 g/mol. The van der Waals surface area contributed by atoms with Gasteiger partial charge in [-0.15, -0.1) is 0 Å². The molecule has 2 aromatic rings. The van der Waals surface area contributed by atoms with E-state index in [1.807, 2.05) is 0 Å². The van der Waals surface area contributed by atoms with Crippen molar-refractivity contribution in [1.29, 1.82) is 0 Å². The van der Waals surface area contributed by atoms with Crippen LogP contribution >= 0.6 is 0 Å². The molecular formula is C20H12O3Se. The van der Waals surface area contributed by atoms with Crippen molar-refractivity contribution in [3.8, 4) is 0 Å². The van der Waals surface area contributed by atoms with Gasteiger partial charge in [0.25, 0.3) is 0 Å². The molecule has 0 aromatic heterocycles. The van der Waals surface area contributed by atoms with Crippen molar-refractivity contribution >= 4 is 26.9 Å². The fourth-order valence-corrected chi connectivity index (χ4v) is 8.81. The van der Waals surface area contributed by atoms with Gasteiger partial charge in [-0.2, -0.15) is 0 Å². The number of ether oxygens (including phenoxy) is 1. The van der Waals surface area contributed by atoms with Crippen LogP contribution in [0.4, 0.5) is 0 Å².